The summed E-state index contributed by atoms with van der Waals surface area (Å²) in [5, 5.41) is 0.714. The average Bonchev–Trinajstić information content (AvgIpc) is 2.39. The molecule has 0 amide bonds. The summed E-state index contributed by atoms with van der Waals surface area (Å²) in [6.45, 7) is 2.39. The minimum Gasteiger partial charge on any atom is -0.488 e. The maximum atomic E-state index is 6.09. The van der Waals surface area contributed by atoms with Gasteiger partial charge < -0.3 is 10.5 Å². The van der Waals surface area contributed by atoms with Crippen LogP contribution in [-0.2, 0) is 6.61 Å². The SMILES string of the molecule is C[C@H](N)c1ccc(OCc2ccccc2Cl)c(Br)c1. The summed E-state index contributed by atoms with van der Waals surface area (Å²) in [7, 11) is 0. The molecule has 0 saturated heterocycles. The fourth-order valence-corrected chi connectivity index (χ4v) is 2.39. The number of rotatable bonds is 4. The van der Waals surface area contributed by atoms with Crippen molar-refractivity contribution < 1.29 is 4.74 Å². The Kier molecular flexibility index (Phi) is 4.86. The number of ether oxygens (including phenoxy) is 1. The third-order valence-electron chi connectivity index (χ3n) is 2.82. The molecule has 0 spiro atoms. The molecule has 0 bridgehead atoms. The van der Waals surface area contributed by atoms with Gasteiger partial charge in [0.05, 0.1) is 4.47 Å². The first-order valence-electron chi connectivity index (χ1n) is 5.99. The van der Waals surface area contributed by atoms with Gasteiger partial charge in [-0.3, -0.25) is 0 Å². The Bertz CT molecular complexity index is 572. The standard InChI is InChI=1S/C15H15BrClNO/c1-10(18)11-6-7-15(13(16)8-11)19-9-12-4-2-3-5-14(12)17/h2-8,10H,9,18H2,1H3/t10-/m0/s1. The second kappa shape index (κ2) is 6.42. The van der Waals surface area contributed by atoms with E-state index < -0.39 is 0 Å². The van der Waals surface area contributed by atoms with Gasteiger partial charge in [-0.05, 0) is 46.6 Å². The molecule has 2 aromatic carbocycles. The number of benzene rings is 2. The smallest absolute Gasteiger partial charge is 0.134 e. The third-order valence-corrected chi connectivity index (χ3v) is 3.81. The summed E-state index contributed by atoms with van der Waals surface area (Å²) < 4.78 is 6.66. The molecule has 0 radical (unpaired) electrons. The van der Waals surface area contributed by atoms with E-state index >= 15 is 0 Å². The van der Waals surface area contributed by atoms with E-state index in [2.05, 4.69) is 15.9 Å². The van der Waals surface area contributed by atoms with Crippen LogP contribution in [0.4, 0.5) is 0 Å². The average molecular weight is 341 g/mol. The van der Waals surface area contributed by atoms with E-state index in [4.69, 9.17) is 22.1 Å². The molecular formula is C15H15BrClNO. The van der Waals surface area contributed by atoms with E-state index in [0.717, 1.165) is 21.3 Å². The Balaban J connectivity index is 2.10. The molecule has 0 fully saturated rings. The molecule has 0 aliphatic heterocycles. The van der Waals surface area contributed by atoms with Crippen LogP contribution in [-0.4, -0.2) is 0 Å². The van der Waals surface area contributed by atoms with Crippen LogP contribution in [0.2, 0.25) is 5.02 Å². The van der Waals surface area contributed by atoms with Gasteiger partial charge in [-0.25, -0.2) is 0 Å². The fourth-order valence-electron chi connectivity index (χ4n) is 1.69. The largest absolute Gasteiger partial charge is 0.488 e. The van der Waals surface area contributed by atoms with Crippen molar-refractivity contribution in [1.29, 1.82) is 0 Å². The predicted molar refractivity (Wildman–Crippen MR) is 82.5 cm³/mol. The lowest BCUT2D eigenvalue weighted by molar-refractivity contribution is 0.304. The number of hydrogen-bond donors (Lipinski definition) is 1. The van der Waals surface area contributed by atoms with Crippen LogP contribution in [0.25, 0.3) is 0 Å². The lowest BCUT2D eigenvalue weighted by Gasteiger charge is -2.12. The maximum Gasteiger partial charge on any atom is 0.134 e. The normalized spacial score (nSPS) is 12.2. The first-order valence-corrected chi connectivity index (χ1v) is 7.16. The molecular weight excluding hydrogens is 326 g/mol. The second-order valence-corrected chi connectivity index (χ2v) is 5.62. The highest BCUT2D eigenvalue weighted by Crippen LogP contribution is 2.29. The first-order chi connectivity index (χ1) is 9.08. The van der Waals surface area contributed by atoms with Gasteiger partial charge in [0.15, 0.2) is 0 Å². The van der Waals surface area contributed by atoms with Crippen LogP contribution < -0.4 is 10.5 Å². The summed E-state index contributed by atoms with van der Waals surface area (Å²) in [6, 6.07) is 13.5. The molecule has 0 saturated carbocycles. The molecule has 0 heterocycles. The zero-order valence-electron chi connectivity index (χ0n) is 10.6. The van der Waals surface area contributed by atoms with Crippen molar-refractivity contribution in [3.63, 3.8) is 0 Å². The molecule has 0 unspecified atom stereocenters. The Labute approximate surface area is 126 Å². The lowest BCUT2D eigenvalue weighted by Crippen LogP contribution is -2.05. The Hall–Kier alpha value is -1.03. The van der Waals surface area contributed by atoms with Gasteiger partial charge in [0.2, 0.25) is 0 Å². The molecule has 4 heteroatoms. The van der Waals surface area contributed by atoms with Crippen molar-refractivity contribution >= 4 is 27.5 Å². The van der Waals surface area contributed by atoms with Crippen LogP contribution in [0.1, 0.15) is 24.1 Å². The quantitative estimate of drug-likeness (QED) is 0.875. The van der Waals surface area contributed by atoms with E-state index in [1.807, 2.05) is 49.4 Å². The zero-order valence-corrected chi connectivity index (χ0v) is 12.9. The van der Waals surface area contributed by atoms with Crippen LogP contribution in [0.5, 0.6) is 5.75 Å². The molecule has 2 aromatic rings. The van der Waals surface area contributed by atoms with E-state index in [0.29, 0.717) is 11.6 Å². The Morgan fingerprint density at radius 2 is 2.00 bits per heavy atom. The van der Waals surface area contributed by atoms with Crippen LogP contribution in [0.3, 0.4) is 0 Å². The monoisotopic (exact) mass is 339 g/mol. The Morgan fingerprint density at radius 1 is 1.26 bits per heavy atom. The van der Waals surface area contributed by atoms with Gasteiger partial charge in [0.1, 0.15) is 12.4 Å². The van der Waals surface area contributed by atoms with Crippen molar-refractivity contribution in [2.24, 2.45) is 5.73 Å². The van der Waals surface area contributed by atoms with Gasteiger partial charge in [0.25, 0.3) is 0 Å². The second-order valence-electron chi connectivity index (χ2n) is 4.36. The zero-order chi connectivity index (χ0) is 13.8. The number of hydrogen-bond acceptors (Lipinski definition) is 2. The van der Waals surface area contributed by atoms with Crippen molar-refractivity contribution in [3.8, 4) is 5.75 Å². The highest BCUT2D eigenvalue weighted by atomic mass is 79.9. The van der Waals surface area contributed by atoms with Crippen LogP contribution >= 0.6 is 27.5 Å². The summed E-state index contributed by atoms with van der Waals surface area (Å²) in [6.07, 6.45) is 0. The molecule has 2 rings (SSSR count). The predicted octanol–water partition coefficient (Wildman–Crippen LogP) is 4.70. The van der Waals surface area contributed by atoms with Crippen molar-refractivity contribution in [2.75, 3.05) is 0 Å². The molecule has 100 valence electrons. The first kappa shape index (κ1) is 14.4. The summed E-state index contributed by atoms with van der Waals surface area (Å²) >= 11 is 9.58. The Morgan fingerprint density at radius 3 is 2.63 bits per heavy atom. The highest BCUT2D eigenvalue weighted by Gasteiger charge is 2.06. The van der Waals surface area contributed by atoms with Gasteiger partial charge in [-0.2, -0.15) is 0 Å². The molecule has 0 aliphatic rings. The highest BCUT2D eigenvalue weighted by molar-refractivity contribution is 9.10. The van der Waals surface area contributed by atoms with Crippen LogP contribution in [0.15, 0.2) is 46.9 Å². The van der Waals surface area contributed by atoms with Crippen molar-refractivity contribution in [1.82, 2.24) is 0 Å². The topological polar surface area (TPSA) is 35.2 Å². The molecule has 2 nitrogen and oxygen atoms in total. The third kappa shape index (κ3) is 3.72. The molecule has 2 N–H and O–H groups in total. The molecule has 0 aromatic heterocycles. The van der Waals surface area contributed by atoms with Gasteiger partial charge in [-0.1, -0.05) is 35.9 Å². The lowest BCUT2D eigenvalue weighted by atomic mass is 10.1. The molecule has 19 heavy (non-hydrogen) atoms. The van der Waals surface area contributed by atoms with E-state index in [-0.39, 0.29) is 6.04 Å². The summed E-state index contributed by atoms with van der Waals surface area (Å²) in [5.41, 5.74) is 7.87. The van der Waals surface area contributed by atoms with Crippen molar-refractivity contribution in [2.45, 2.75) is 19.6 Å². The minimum absolute atomic E-state index is 0.00826. The van der Waals surface area contributed by atoms with Gasteiger partial charge in [-0.15, -0.1) is 0 Å². The van der Waals surface area contributed by atoms with E-state index in [9.17, 15) is 0 Å². The van der Waals surface area contributed by atoms with E-state index in [1.54, 1.807) is 0 Å². The number of halogens is 2. The molecule has 0 aliphatic carbocycles. The number of nitrogens with two attached hydrogens (primary N) is 1. The summed E-state index contributed by atoms with van der Waals surface area (Å²) in [4.78, 5) is 0. The van der Waals surface area contributed by atoms with Gasteiger partial charge >= 0.3 is 0 Å². The maximum absolute atomic E-state index is 6.09. The fraction of sp³-hybridized carbons (Fsp3) is 0.200. The summed E-state index contributed by atoms with van der Waals surface area (Å²) in [5.74, 6) is 0.782. The van der Waals surface area contributed by atoms with Crippen LogP contribution in [0, 0.1) is 0 Å². The minimum atomic E-state index is 0.00826. The molecule has 1 atom stereocenters. The van der Waals surface area contributed by atoms with Crippen molar-refractivity contribution in [3.05, 3.63) is 63.1 Å². The van der Waals surface area contributed by atoms with Gasteiger partial charge in [0, 0.05) is 16.6 Å². The van der Waals surface area contributed by atoms with E-state index in [1.165, 1.54) is 0 Å².